The second-order valence-electron chi connectivity index (χ2n) is 17.4. The fourth-order valence-corrected chi connectivity index (χ4v) is 10.6. The van der Waals surface area contributed by atoms with Gasteiger partial charge >= 0.3 is 0 Å². The van der Waals surface area contributed by atoms with Gasteiger partial charge in [0.1, 0.15) is 23.6 Å². The van der Waals surface area contributed by atoms with Gasteiger partial charge in [-0.1, -0.05) is 43.2 Å². The number of anilines is 5. The van der Waals surface area contributed by atoms with Gasteiger partial charge < -0.3 is 43.9 Å². The highest BCUT2D eigenvalue weighted by Gasteiger charge is 2.31. The van der Waals surface area contributed by atoms with Crippen LogP contribution in [-0.4, -0.2) is 105 Å². The van der Waals surface area contributed by atoms with Crippen molar-refractivity contribution in [3.8, 4) is 5.88 Å². The smallest absolute Gasteiger partial charge is 0.293 e. The lowest BCUT2D eigenvalue weighted by atomic mass is 9.72. The quantitative estimate of drug-likeness (QED) is 0.0556. The molecule has 3 N–H and O–H groups in total. The lowest BCUT2D eigenvalue weighted by Crippen LogP contribution is -2.47. The predicted octanol–water partition coefficient (Wildman–Crippen LogP) is 9.35. The third-order valence-corrected chi connectivity index (χ3v) is 14.4. The summed E-state index contributed by atoms with van der Waals surface area (Å²) in [6.07, 6.45) is 5.08. The van der Waals surface area contributed by atoms with Crippen LogP contribution in [0.2, 0.25) is 5.02 Å². The molecule has 2 atom stereocenters. The van der Waals surface area contributed by atoms with E-state index in [-0.39, 0.29) is 22.1 Å². The Kier molecular flexibility index (Phi) is 13.1. The Labute approximate surface area is 374 Å². The van der Waals surface area contributed by atoms with Crippen LogP contribution in [0.1, 0.15) is 45.6 Å². The zero-order valence-corrected chi connectivity index (χ0v) is 37.9. The normalized spacial score (nSPS) is 19.7. The van der Waals surface area contributed by atoms with Crippen LogP contribution in [0.5, 0.6) is 5.88 Å². The topological polar surface area (TPSA) is 143 Å². The van der Waals surface area contributed by atoms with Crippen molar-refractivity contribution in [2.75, 3.05) is 99.1 Å². The van der Waals surface area contributed by atoms with E-state index in [1.165, 1.54) is 17.6 Å². The Hall–Kier alpha value is -4.95. The summed E-state index contributed by atoms with van der Waals surface area (Å²) in [4.78, 5) is 27.5. The van der Waals surface area contributed by atoms with E-state index in [9.17, 15) is 10.1 Å². The minimum absolute atomic E-state index is 0.0264. The van der Waals surface area contributed by atoms with Crippen LogP contribution in [0.4, 0.5) is 34.1 Å². The number of pyridine rings is 1. The summed E-state index contributed by atoms with van der Waals surface area (Å²) >= 11 is 6.29. The first-order valence-corrected chi connectivity index (χ1v) is 23.6. The van der Waals surface area contributed by atoms with Gasteiger partial charge in [0.25, 0.3) is 5.69 Å². The van der Waals surface area contributed by atoms with Crippen LogP contribution in [0, 0.1) is 15.5 Å². The fourth-order valence-electron chi connectivity index (χ4n) is 9.03. The van der Waals surface area contributed by atoms with Crippen LogP contribution in [-0.2, 0) is 14.0 Å². The molecule has 9 rings (SSSR count). The number of H-pyrrole nitrogens is 1. The number of nitro groups is 1. The van der Waals surface area contributed by atoms with Crippen molar-refractivity contribution >= 4 is 75.9 Å². The summed E-state index contributed by atoms with van der Waals surface area (Å²) in [7, 11) is -1.54. The van der Waals surface area contributed by atoms with Crippen molar-refractivity contribution < 1.29 is 23.7 Å². The molecule has 2 fully saturated rings. The number of benzene rings is 3. The number of nitrogens with zero attached hydrogens (tertiary/aromatic N) is 5. The summed E-state index contributed by atoms with van der Waals surface area (Å²) in [5.74, 6) is 0.565. The first-order chi connectivity index (χ1) is 30.6. The van der Waals surface area contributed by atoms with Gasteiger partial charge in [-0.15, -0.1) is 0 Å². The van der Waals surface area contributed by atoms with E-state index >= 15 is 0 Å². The molecule has 2 aromatic heterocycles. The average Bonchev–Trinajstić information content (AvgIpc) is 3.76. The molecule has 3 aliphatic heterocycles. The molecule has 5 aromatic rings. The number of aromatic amines is 1. The van der Waals surface area contributed by atoms with E-state index < -0.39 is 8.30 Å². The van der Waals surface area contributed by atoms with Crippen molar-refractivity contribution in [1.29, 1.82) is 0 Å². The molecule has 16 heteroatoms. The van der Waals surface area contributed by atoms with Gasteiger partial charge in [0.05, 0.1) is 55.4 Å². The molecule has 2 saturated heterocycles. The number of rotatable bonds is 14. The van der Waals surface area contributed by atoms with E-state index in [0.29, 0.717) is 63.0 Å². The predicted molar refractivity (Wildman–Crippen MR) is 254 cm³/mol. The molecule has 0 amide bonds. The Morgan fingerprint density at radius 3 is 2.59 bits per heavy atom. The number of halogens is 1. The molecule has 332 valence electrons. The number of hydrogen-bond acceptors (Lipinski definition) is 12. The molecule has 63 heavy (non-hydrogen) atoms. The maximum Gasteiger partial charge on any atom is 0.293 e. The summed E-state index contributed by atoms with van der Waals surface area (Å²) in [6, 6.07) is 24.3. The van der Waals surface area contributed by atoms with Crippen LogP contribution >= 0.6 is 19.9 Å². The first kappa shape index (κ1) is 43.3. The summed E-state index contributed by atoms with van der Waals surface area (Å²) in [5.41, 5.74) is 9.54. The van der Waals surface area contributed by atoms with Gasteiger partial charge in [-0.3, -0.25) is 15.0 Å². The van der Waals surface area contributed by atoms with Crippen molar-refractivity contribution in [3.05, 3.63) is 105 Å². The van der Waals surface area contributed by atoms with Crippen LogP contribution < -0.4 is 30.2 Å². The van der Waals surface area contributed by atoms with Gasteiger partial charge in [-0.25, -0.2) is 0 Å². The third-order valence-electron chi connectivity index (χ3n) is 12.4. The summed E-state index contributed by atoms with van der Waals surface area (Å²) in [5, 5.41) is 21.8. The molecule has 4 aliphatic rings. The monoisotopic (exact) mass is 894 g/mol. The molecular weight excluding hydrogens is 839 g/mol. The van der Waals surface area contributed by atoms with Crippen LogP contribution in [0.15, 0.2) is 84.6 Å². The van der Waals surface area contributed by atoms with E-state index in [1.54, 1.807) is 17.7 Å². The number of allylic oxidation sites excluding steroid dienone is 1. The molecule has 0 spiro atoms. The molecule has 5 heterocycles. The van der Waals surface area contributed by atoms with Crippen molar-refractivity contribution in [2.24, 2.45) is 5.41 Å². The zero-order chi connectivity index (χ0) is 43.5. The fraction of sp³-hybridized carbons (Fsp3) is 0.426. The highest BCUT2D eigenvalue weighted by Crippen LogP contribution is 2.47. The molecule has 3 aromatic carbocycles. The van der Waals surface area contributed by atoms with Gasteiger partial charge in [0.2, 0.25) is 5.88 Å². The van der Waals surface area contributed by atoms with E-state index in [2.05, 4.69) is 80.3 Å². The molecule has 1 aliphatic carbocycles. The number of nitrogens with one attached hydrogen (secondary N) is 3. The number of fused-ring (bicyclic) bond motifs is 2. The van der Waals surface area contributed by atoms with Gasteiger partial charge in [0.15, 0.2) is 8.30 Å². The minimum atomic E-state index is -1.54. The largest absolute Gasteiger partial charge is 0.474 e. The molecule has 1 unspecified atom stereocenters. The van der Waals surface area contributed by atoms with E-state index in [4.69, 9.17) is 35.3 Å². The van der Waals surface area contributed by atoms with Crippen molar-refractivity contribution in [1.82, 2.24) is 14.9 Å². The van der Waals surface area contributed by atoms with Gasteiger partial charge in [-0.05, 0) is 97.3 Å². The lowest BCUT2D eigenvalue weighted by Gasteiger charge is -2.40. The molecular formula is C47H56ClN8O6P. The van der Waals surface area contributed by atoms with Crippen LogP contribution in [0.3, 0.4) is 0 Å². The van der Waals surface area contributed by atoms with Crippen LogP contribution in [0.25, 0.3) is 16.6 Å². The summed E-state index contributed by atoms with van der Waals surface area (Å²) in [6.45, 7) is 14.7. The second-order valence-corrected chi connectivity index (χ2v) is 19.4. The number of hydrogen-bond donors (Lipinski definition) is 3. The number of piperazine rings is 1. The van der Waals surface area contributed by atoms with Crippen molar-refractivity contribution in [2.45, 2.75) is 46.1 Å². The van der Waals surface area contributed by atoms with Gasteiger partial charge in [0, 0.05) is 72.9 Å². The van der Waals surface area contributed by atoms with E-state index in [0.717, 1.165) is 84.4 Å². The summed E-state index contributed by atoms with van der Waals surface area (Å²) < 4.78 is 23.8. The Morgan fingerprint density at radius 1 is 0.984 bits per heavy atom. The standard InChI is InChI=1S/C47H56ClN8O6P/c1-4-62-63(38-10-12-40(43(27-38)56(57)58)50-29-37-31-59-23-24-60-37)52-41-11-9-36(26-42(41)55-21-22-61-46-44(55)25-33-14-16-49-45(33)51-46)54-19-17-53(18-20-54)30-34-13-15-47(2,3)28-39(34)32-5-7-35(48)8-6-32/h5-12,14,16,25-27,37,50,52H,4,13,15,17-24,28-31H2,1-3H3,(H,49,51)/t37-,63?/m0/s1. The first-order valence-electron chi connectivity index (χ1n) is 22.0. The maximum absolute atomic E-state index is 12.4. The highest BCUT2D eigenvalue weighted by atomic mass is 35.5. The molecule has 14 nitrogen and oxygen atoms in total. The van der Waals surface area contributed by atoms with Gasteiger partial charge in [-0.2, -0.15) is 4.98 Å². The Morgan fingerprint density at radius 2 is 1.81 bits per heavy atom. The van der Waals surface area contributed by atoms with E-state index in [1.807, 2.05) is 37.4 Å². The average molecular weight is 895 g/mol. The number of nitro benzene ring substituents is 1. The molecule has 0 radical (unpaired) electrons. The zero-order valence-electron chi connectivity index (χ0n) is 36.2. The molecule has 0 bridgehead atoms. The number of aromatic nitrogens is 2. The maximum atomic E-state index is 12.4. The third kappa shape index (κ3) is 9.92. The Bertz CT molecular complexity index is 2450. The Balaban J connectivity index is 0.988. The van der Waals surface area contributed by atoms with Crippen molar-refractivity contribution in [3.63, 3.8) is 0 Å². The lowest BCUT2D eigenvalue weighted by molar-refractivity contribution is -0.383. The highest BCUT2D eigenvalue weighted by molar-refractivity contribution is 7.62. The number of ether oxygens (including phenoxy) is 3. The SMILES string of the molecule is CCOP(Nc1ccc(N2CCN(CC3=C(c4ccc(Cl)cc4)CC(C)(C)CC3)CC2)cc1N1CCOc2nc3[nH]ccc3cc21)c1ccc(NC[C@H]2COCCO2)c([N+](=O)[O-])c1. The minimum Gasteiger partial charge on any atom is -0.474 e. The molecule has 0 saturated carbocycles. The second kappa shape index (κ2) is 19.0.